The second-order valence-corrected chi connectivity index (χ2v) is 8.27. The molecule has 2 aromatic heterocycles. The number of imidazole rings is 1. The van der Waals surface area contributed by atoms with Crippen LogP contribution in [0.5, 0.6) is 0 Å². The number of benzene rings is 1. The topological polar surface area (TPSA) is 112 Å². The first kappa shape index (κ1) is 26.6. The van der Waals surface area contributed by atoms with Crippen LogP contribution in [0.15, 0.2) is 47.4 Å². The van der Waals surface area contributed by atoms with Gasteiger partial charge in [-0.05, 0) is 12.5 Å². The zero-order valence-corrected chi connectivity index (χ0v) is 19.7. The fourth-order valence-corrected chi connectivity index (χ4v) is 2.81. The van der Waals surface area contributed by atoms with Gasteiger partial charge in [0.05, 0.1) is 18.1 Å². The number of nitrogens with zero attached hydrogens (tertiary/aromatic N) is 4. The number of carbonyl (C=O) groups is 1. The molecule has 3 aromatic rings. The molecule has 31 heavy (non-hydrogen) atoms. The van der Waals surface area contributed by atoms with Crippen LogP contribution in [0.4, 0.5) is 0 Å². The Morgan fingerprint density at radius 2 is 1.90 bits per heavy atom. The molecule has 0 aliphatic heterocycles. The molecule has 3 N–H and O–H groups in total. The van der Waals surface area contributed by atoms with Gasteiger partial charge in [0.2, 0.25) is 11.8 Å². The number of nitrogens with one attached hydrogen (secondary N) is 1. The molecule has 10 heteroatoms. The van der Waals surface area contributed by atoms with Gasteiger partial charge < -0.3 is 20.1 Å². The number of hydrogen-bond acceptors (Lipinski definition) is 6. The van der Waals surface area contributed by atoms with Crippen LogP contribution in [0.2, 0.25) is 0 Å². The molecule has 0 fully saturated rings. The van der Waals surface area contributed by atoms with Crippen molar-refractivity contribution in [1.29, 1.82) is 0 Å². The molecule has 1 aromatic carbocycles. The predicted molar refractivity (Wildman–Crippen MR) is 124 cm³/mol. The number of carbonyl (C=O) groups excluding carboxylic acids is 1. The quantitative estimate of drug-likeness (QED) is 0.550. The van der Waals surface area contributed by atoms with Gasteiger partial charge in [-0.15, -0.1) is 24.8 Å². The summed E-state index contributed by atoms with van der Waals surface area (Å²) in [5, 5.41) is 6.82. The molecule has 1 unspecified atom stereocenters. The summed E-state index contributed by atoms with van der Waals surface area (Å²) in [5.74, 6) is 0.676. The molecule has 0 bridgehead atoms. The van der Waals surface area contributed by atoms with Gasteiger partial charge in [0, 0.05) is 24.6 Å². The number of hydrogen-bond donors (Lipinski definition) is 2. The summed E-state index contributed by atoms with van der Waals surface area (Å²) in [7, 11) is 0. The van der Waals surface area contributed by atoms with E-state index in [1.165, 1.54) is 5.56 Å². The smallest absolute Gasteiger partial charge is 0.248 e. The third kappa shape index (κ3) is 7.34. The van der Waals surface area contributed by atoms with Crippen molar-refractivity contribution in [2.45, 2.75) is 58.2 Å². The van der Waals surface area contributed by atoms with E-state index in [1.807, 2.05) is 49.7 Å². The number of nitrogens with two attached hydrogens (primary N) is 1. The van der Waals surface area contributed by atoms with E-state index in [4.69, 9.17) is 10.3 Å². The van der Waals surface area contributed by atoms with Gasteiger partial charge in [0.1, 0.15) is 6.04 Å². The van der Waals surface area contributed by atoms with E-state index >= 15 is 0 Å². The Morgan fingerprint density at radius 3 is 2.52 bits per heavy atom. The number of amides is 1. The summed E-state index contributed by atoms with van der Waals surface area (Å²) >= 11 is 0. The fourth-order valence-electron chi connectivity index (χ4n) is 2.81. The van der Waals surface area contributed by atoms with Crippen LogP contribution in [-0.4, -0.2) is 31.6 Å². The maximum atomic E-state index is 12.5. The maximum Gasteiger partial charge on any atom is 0.248 e. The minimum atomic E-state index is -0.720. The Kier molecular flexibility index (Phi) is 9.68. The SMILES string of the molecule is CC(NC(=O)[C@@H](N)Cc1cn(Cc2ccccc2)cn1)c1nc(C(C)(C)C)no1.Cl.Cl. The van der Waals surface area contributed by atoms with Crippen molar-refractivity contribution in [3.63, 3.8) is 0 Å². The van der Waals surface area contributed by atoms with Gasteiger partial charge in [-0.25, -0.2) is 4.98 Å². The van der Waals surface area contributed by atoms with Crippen molar-refractivity contribution in [3.8, 4) is 0 Å². The van der Waals surface area contributed by atoms with Crippen molar-refractivity contribution in [1.82, 2.24) is 25.0 Å². The highest BCUT2D eigenvalue weighted by Gasteiger charge is 2.25. The molecule has 0 spiro atoms. The minimum absolute atomic E-state index is 0. The highest BCUT2D eigenvalue weighted by Crippen LogP contribution is 2.20. The third-order valence-electron chi connectivity index (χ3n) is 4.50. The Balaban J connectivity index is 0.00000240. The van der Waals surface area contributed by atoms with Gasteiger partial charge in [-0.1, -0.05) is 56.3 Å². The second-order valence-electron chi connectivity index (χ2n) is 8.27. The standard InChI is InChI=1S/C21H28N6O2.2ClH/c1-14(19-25-20(26-29-19)21(2,3)4)24-18(28)17(22)10-16-12-27(13-23-16)11-15-8-6-5-7-9-15;;/h5-9,12-14,17H,10-11,22H2,1-4H3,(H,24,28);2*1H/t14?,17-;;/m0../s1. The van der Waals surface area contributed by atoms with E-state index in [0.717, 1.165) is 12.2 Å². The summed E-state index contributed by atoms with van der Waals surface area (Å²) in [6.07, 6.45) is 4.01. The molecule has 0 aliphatic rings. The fraction of sp³-hybridized carbons (Fsp3) is 0.429. The lowest BCUT2D eigenvalue weighted by molar-refractivity contribution is -0.123. The maximum absolute atomic E-state index is 12.5. The highest BCUT2D eigenvalue weighted by molar-refractivity contribution is 5.85. The van der Waals surface area contributed by atoms with Crippen LogP contribution in [0.1, 0.15) is 56.7 Å². The molecule has 0 radical (unpaired) electrons. The summed E-state index contributed by atoms with van der Waals surface area (Å²) < 4.78 is 7.26. The number of aromatic nitrogens is 4. The molecular formula is C21H30Cl2N6O2. The zero-order chi connectivity index (χ0) is 21.0. The predicted octanol–water partition coefficient (Wildman–Crippen LogP) is 3.20. The van der Waals surface area contributed by atoms with Gasteiger partial charge >= 0.3 is 0 Å². The van der Waals surface area contributed by atoms with E-state index in [1.54, 1.807) is 13.3 Å². The van der Waals surface area contributed by atoms with Crippen LogP contribution < -0.4 is 11.1 Å². The first-order chi connectivity index (χ1) is 13.7. The Morgan fingerprint density at radius 1 is 1.23 bits per heavy atom. The molecule has 0 saturated carbocycles. The molecule has 2 atom stereocenters. The van der Waals surface area contributed by atoms with Crippen molar-refractivity contribution < 1.29 is 9.32 Å². The van der Waals surface area contributed by atoms with Crippen LogP contribution in [0.25, 0.3) is 0 Å². The lowest BCUT2D eigenvalue weighted by Crippen LogP contribution is -2.43. The molecule has 2 heterocycles. The van der Waals surface area contributed by atoms with E-state index in [0.29, 0.717) is 18.1 Å². The van der Waals surface area contributed by atoms with Gasteiger partial charge in [-0.2, -0.15) is 4.98 Å². The molecule has 170 valence electrons. The molecule has 3 rings (SSSR count). The Hall–Kier alpha value is -2.42. The van der Waals surface area contributed by atoms with Crippen molar-refractivity contribution >= 4 is 30.7 Å². The summed E-state index contributed by atoms with van der Waals surface area (Å²) in [5.41, 5.74) is 7.81. The normalized spacial score (nSPS) is 12.9. The molecular weight excluding hydrogens is 439 g/mol. The summed E-state index contributed by atoms with van der Waals surface area (Å²) in [6.45, 7) is 8.51. The van der Waals surface area contributed by atoms with Crippen molar-refractivity contribution in [2.75, 3.05) is 0 Å². The number of rotatable bonds is 7. The van der Waals surface area contributed by atoms with Gasteiger partial charge in [0.15, 0.2) is 5.82 Å². The summed E-state index contributed by atoms with van der Waals surface area (Å²) in [6, 6.07) is 8.96. The molecule has 0 aliphatic carbocycles. The van der Waals surface area contributed by atoms with Crippen molar-refractivity contribution in [3.05, 3.63) is 65.8 Å². The average Bonchev–Trinajstić information content (AvgIpc) is 3.32. The summed E-state index contributed by atoms with van der Waals surface area (Å²) in [4.78, 5) is 21.2. The van der Waals surface area contributed by atoms with E-state index in [-0.39, 0.29) is 36.1 Å². The van der Waals surface area contributed by atoms with Crippen LogP contribution in [0, 0.1) is 0 Å². The first-order valence-electron chi connectivity index (χ1n) is 9.67. The largest absolute Gasteiger partial charge is 0.343 e. The van der Waals surface area contributed by atoms with Crippen LogP contribution in [-0.2, 0) is 23.2 Å². The Bertz CT molecular complexity index is 952. The van der Waals surface area contributed by atoms with E-state index in [2.05, 4.69) is 32.6 Å². The van der Waals surface area contributed by atoms with Gasteiger partial charge in [0.25, 0.3) is 0 Å². The first-order valence-corrected chi connectivity index (χ1v) is 9.67. The lowest BCUT2D eigenvalue weighted by Gasteiger charge is -2.14. The highest BCUT2D eigenvalue weighted by atomic mass is 35.5. The lowest BCUT2D eigenvalue weighted by atomic mass is 9.96. The zero-order valence-electron chi connectivity index (χ0n) is 18.1. The van der Waals surface area contributed by atoms with Crippen LogP contribution >= 0.6 is 24.8 Å². The molecule has 0 saturated heterocycles. The molecule has 1 amide bonds. The monoisotopic (exact) mass is 468 g/mol. The van der Waals surface area contributed by atoms with Crippen molar-refractivity contribution in [2.24, 2.45) is 5.73 Å². The van der Waals surface area contributed by atoms with Crippen LogP contribution in [0.3, 0.4) is 0 Å². The molecule has 8 nitrogen and oxygen atoms in total. The number of halogens is 2. The third-order valence-corrected chi connectivity index (χ3v) is 4.50. The average molecular weight is 469 g/mol. The van der Waals surface area contributed by atoms with Gasteiger partial charge in [-0.3, -0.25) is 4.79 Å². The second kappa shape index (κ2) is 11.3. The van der Waals surface area contributed by atoms with E-state index < -0.39 is 12.1 Å². The minimum Gasteiger partial charge on any atom is -0.343 e. The Labute approximate surface area is 194 Å². The van der Waals surface area contributed by atoms with E-state index in [9.17, 15) is 4.79 Å².